The van der Waals surface area contributed by atoms with Crippen LogP contribution in [0, 0.1) is 5.92 Å². The van der Waals surface area contributed by atoms with Crippen LogP contribution in [0.5, 0.6) is 0 Å². The Labute approximate surface area is 151 Å². The topological polar surface area (TPSA) is 41.5 Å². The summed E-state index contributed by atoms with van der Waals surface area (Å²) in [6.45, 7) is 8.75. The molecule has 1 N–H and O–H groups in total. The van der Waals surface area contributed by atoms with Crippen LogP contribution < -0.4 is 5.43 Å². The van der Waals surface area contributed by atoms with E-state index in [2.05, 4.69) is 62.5 Å². The maximum Gasteiger partial charge on any atom is 0.244 e. The number of nitrogens with zero attached hydrogens (tertiary/aromatic N) is 1. The van der Waals surface area contributed by atoms with E-state index < -0.39 is 0 Å². The summed E-state index contributed by atoms with van der Waals surface area (Å²) in [4.78, 5) is 11.9. The van der Waals surface area contributed by atoms with Crippen LogP contribution in [-0.4, -0.2) is 12.1 Å². The van der Waals surface area contributed by atoms with Crippen molar-refractivity contribution in [1.29, 1.82) is 0 Å². The standard InChI is InChI=1S/C22H28N2O/c1-17(14-19-10-12-20(13-11-19)22(2,3)4)16-23-24-21(25)15-18-8-6-5-7-9-18/h5-13,16-17H,14-15H2,1-4H3,(H,24,25)/b23-16-/t17-/m0/s1. The molecule has 0 spiro atoms. The zero-order chi connectivity index (χ0) is 18.3. The number of rotatable bonds is 6. The third-order valence-corrected chi connectivity index (χ3v) is 4.10. The molecule has 0 fully saturated rings. The molecule has 0 aliphatic carbocycles. The lowest BCUT2D eigenvalue weighted by Crippen LogP contribution is -2.20. The van der Waals surface area contributed by atoms with Crippen LogP contribution in [0.4, 0.5) is 0 Å². The number of carbonyl (C=O) groups is 1. The minimum absolute atomic E-state index is 0.0934. The van der Waals surface area contributed by atoms with Gasteiger partial charge in [-0.1, -0.05) is 82.3 Å². The molecule has 25 heavy (non-hydrogen) atoms. The summed E-state index contributed by atoms with van der Waals surface area (Å²) in [5.41, 5.74) is 6.39. The first-order valence-corrected chi connectivity index (χ1v) is 8.80. The normalized spacial score (nSPS) is 13.0. The molecule has 2 aromatic rings. The van der Waals surface area contributed by atoms with Crippen LogP contribution in [0.3, 0.4) is 0 Å². The molecule has 0 aromatic heterocycles. The van der Waals surface area contributed by atoms with Crippen molar-refractivity contribution in [2.75, 3.05) is 0 Å². The zero-order valence-electron chi connectivity index (χ0n) is 15.6. The van der Waals surface area contributed by atoms with Gasteiger partial charge in [0, 0.05) is 6.21 Å². The molecule has 0 radical (unpaired) electrons. The predicted molar refractivity (Wildman–Crippen MR) is 105 cm³/mol. The van der Waals surface area contributed by atoms with E-state index in [-0.39, 0.29) is 17.2 Å². The van der Waals surface area contributed by atoms with E-state index in [4.69, 9.17) is 0 Å². The van der Waals surface area contributed by atoms with Crippen molar-refractivity contribution in [3.63, 3.8) is 0 Å². The van der Waals surface area contributed by atoms with Crippen LogP contribution in [0.15, 0.2) is 59.7 Å². The lowest BCUT2D eigenvalue weighted by Gasteiger charge is -2.19. The summed E-state index contributed by atoms with van der Waals surface area (Å²) in [6.07, 6.45) is 3.06. The van der Waals surface area contributed by atoms with Crippen molar-refractivity contribution in [3.8, 4) is 0 Å². The molecule has 0 heterocycles. The molecule has 0 aliphatic rings. The fraction of sp³-hybridized carbons (Fsp3) is 0.364. The van der Waals surface area contributed by atoms with E-state index in [9.17, 15) is 4.79 Å². The van der Waals surface area contributed by atoms with Crippen LogP contribution in [0.25, 0.3) is 0 Å². The van der Waals surface area contributed by atoms with Crippen LogP contribution in [0.1, 0.15) is 44.4 Å². The van der Waals surface area contributed by atoms with Crippen LogP contribution in [0.2, 0.25) is 0 Å². The lowest BCUT2D eigenvalue weighted by molar-refractivity contribution is -0.120. The summed E-state index contributed by atoms with van der Waals surface area (Å²) < 4.78 is 0. The average Bonchev–Trinajstić information content (AvgIpc) is 2.55. The Morgan fingerprint density at radius 1 is 1.04 bits per heavy atom. The number of carbonyl (C=O) groups excluding carboxylic acids is 1. The number of amides is 1. The minimum Gasteiger partial charge on any atom is -0.273 e. The monoisotopic (exact) mass is 336 g/mol. The molecular weight excluding hydrogens is 308 g/mol. The van der Waals surface area contributed by atoms with Gasteiger partial charge in [0.05, 0.1) is 6.42 Å². The summed E-state index contributed by atoms with van der Waals surface area (Å²) in [5, 5.41) is 4.10. The van der Waals surface area contributed by atoms with Gasteiger partial charge in [0.1, 0.15) is 0 Å². The van der Waals surface area contributed by atoms with Gasteiger partial charge in [-0.05, 0) is 34.4 Å². The van der Waals surface area contributed by atoms with Gasteiger partial charge >= 0.3 is 0 Å². The summed E-state index contributed by atoms with van der Waals surface area (Å²) in [6, 6.07) is 18.4. The Bertz CT molecular complexity index is 697. The largest absolute Gasteiger partial charge is 0.273 e. The highest BCUT2D eigenvalue weighted by molar-refractivity contribution is 5.79. The van der Waals surface area contributed by atoms with E-state index in [1.165, 1.54) is 11.1 Å². The van der Waals surface area contributed by atoms with Crippen LogP contribution in [-0.2, 0) is 23.1 Å². The second-order valence-electron chi connectivity index (χ2n) is 7.60. The van der Waals surface area contributed by atoms with Crippen molar-refractivity contribution in [2.24, 2.45) is 11.0 Å². The smallest absolute Gasteiger partial charge is 0.244 e. The Balaban J connectivity index is 1.80. The van der Waals surface area contributed by atoms with E-state index in [1.807, 2.05) is 30.3 Å². The fourth-order valence-electron chi connectivity index (χ4n) is 2.62. The number of hydrazone groups is 1. The highest BCUT2D eigenvalue weighted by Crippen LogP contribution is 2.22. The van der Waals surface area contributed by atoms with E-state index in [0.717, 1.165) is 12.0 Å². The zero-order valence-corrected chi connectivity index (χ0v) is 15.6. The number of benzene rings is 2. The van der Waals surface area contributed by atoms with Gasteiger partial charge in [-0.15, -0.1) is 0 Å². The number of hydrogen-bond donors (Lipinski definition) is 1. The highest BCUT2D eigenvalue weighted by Gasteiger charge is 2.13. The third kappa shape index (κ3) is 6.54. The third-order valence-electron chi connectivity index (χ3n) is 4.10. The van der Waals surface area contributed by atoms with Gasteiger partial charge in [0.15, 0.2) is 0 Å². The van der Waals surface area contributed by atoms with Crippen molar-refractivity contribution >= 4 is 12.1 Å². The summed E-state index contributed by atoms with van der Waals surface area (Å²) in [5.74, 6) is 0.168. The molecule has 0 bridgehead atoms. The van der Waals surface area contributed by atoms with E-state index in [1.54, 1.807) is 6.21 Å². The van der Waals surface area contributed by atoms with E-state index in [0.29, 0.717) is 6.42 Å². The molecule has 0 unspecified atom stereocenters. The fourth-order valence-corrected chi connectivity index (χ4v) is 2.62. The molecule has 0 aliphatic heterocycles. The molecule has 0 saturated carbocycles. The number of hydrogen-bond acceptors (Lipinski definition) is 2. The summed E-state index contributed by atoms with van der Waals surface area (Å²) >= 11 is 0. The molecule has 2 aromatic carbocycles. The molecule has 3 heteroatoms. The highest BCUT2D eigenvalue weighted by atomic mass is 16.2. The maximum absolute atomic E-state index is 11.9. The molecule has 3 nitrogen and oxygen atoms in total. The molecule has 0 saturated heterocycles. The molecule has 132 valence electrons. The average molecular weight is 336 g/mol. The number of nitrogens with one attached hydrogen (secondary N) is 1. The quantitative estimate of drug-likeness (QED) is 0.612. The Morgan fingerprint density at radius 3 is 2.28 bits per heavy atom. The second-order valence-corrected chi connectivity index (χ2v) is 7.60. The second kappa shape index (κ2) is 8.61. The van der Waals surface area contributed by atoms with Crippen molar-refractivity contribution in [2.45, 2.75) is 46.0 Å². The maximum atomic E-state index is 11.9. The SMILES string of the molecule is C[C@H](/C=N\NC(=O)Cc1ccccc1)Cc1ccc(C(C)(C)C)cc1. The van der Waals surface area contributed by atoms with E-state index >= 15 is 0 Å². The lowest BCUT2D eigenvalue weighted by atomic mass is 9.86. The first-order valence-electron chi connectivity index (χ1n) is 8.80. The Kier molecular flexibility index (Phi) is 6.51. The molecule has 2 rings (SSSR count). The van der Waals surface area contributed by atoms with Crippen molar-refractivity contribution in [1.82, 2.24) is 5.43 Å². The minimum atomic E-state index is -0.0934. The molecular formula is C22H28N2O. The molecule has 1 amide bonds. The van der Waals surface area contributed by atoms with Gasteiger partial charge < -0.3 is 0 Å². The Morgan fingerprint density at radius 2 is 1.68 bits per heavy atom. The van der Waals surface area contributed by atoms with Crippen LogP contribution >= 0.6 is 0 Å². The van der Waals surface area contributed by atoms with Gasteiger partial charge in [-0.25, -0.2) is 5.43 Å². The van der Waals surface area contributed by atoms with Gasteiger partial charge in [0.25, 0.3) is 0 Å². The first-order chi connectivity index (χ1) is 11.8. The van der Waals surface area contributed by atoms with Crippen molar-refractivity contribution < 1.29 is 4.79 Å². The first kappa shape index (κ1) is 18.9. The van der Waals surface area contributed by atoms with Gasteiger partial charge in [-0.2, -0.15) is 5.10 Å². The van der Waals surface area contributed by atoms with Crippen molar-refractivity contribution in [3.05, 3.63) is 71.3 Å². The summed E-state index contributed by atoms with van der Waals surface area (Å²) in [7, 11) is 0. The molecule has 1 atom stereocenters. The Hall–Kier alpha value is -2.42. The predicted octanol–water partition coefficient (Wildman–Crippen LogP) is 4.51. The van der Waals surface area contributed by atoms with Gasteiger partial charge in [0.2, 0.25) is 5.91 Å². The van der Waals surface area contributed by atoms with Gasteiger partial charge in [-0.3, -0.25) is 4.79 Å².